The minimum Gasteiger partial charge on any atom is -0.481 e. The zero-order valence-corrected chi connectivity index (χ0v) is 13.8. The number of amides is 1. The number of rotatable bonds is 5. The van der Waals surface area contributed by atoms with E-state index in [2.05, 4.69) is 0 Å². The van der Waals surface area contributed by atoms with Gasteiger partial charge in [0, 0.05) is 5.02 Å². The van der Waals surface area contributed by atoms with Crippen molar-refractivity contribution in [3.8, 4) is 0 Å². The topological polar surface area (TPSA) is 94.9 Å². The smallest absolute Gasteiger partial charge is 0.327 e. The third-order valence-electron chi connectivity index (χ3n) is 2.96. The molecule has 1 fully saturated rings. The Hall–Kier alpha value is -1.90. The number of carbonyl (C=O) groups is 3. The van der Waals surface area contributed by atoms with Crippen LogP contribution in [0.3, 0.4) is 0 Å². The van der Waals surface area contributed by atoms with Gasteiger partial charge in [-0.25, -0.2) is 4.79 Å². The Morgan fingerprint density at radius 3 is 2.43 bits per heavy atom. The largest absolute Gasteiger partial charge is 0.481 e. The summed E-state index contributed by atoms with van der Waals surface area (Å²) in [5, 5.41) is 18.5. The molecule has 0 bridgehead atoms. The average Bonchev–Trinajstić information content (AvgIpc) is 2.73. The van der Waals surface area contributed by atoms with Crippen LogP contribution in [-0.2, 0) is 14.4 Å². The molecule has 6 nitrogen and oxygen atoms in total. The predicted molar refractivity (Wildman–Crippen MR) is 90.1 cm³/mol. The highest BCUT2D eigenvalue weighted by Crippen LogP contribution is 2.34. The molecule has 1 aliphatic heterocycles. The number of thioether (sulfide) groups is 1. The van der Waals surface area contributed by atoms with E-state index in [1.165, 1.54) is 0 Å². The van der Waals surface area contributed by atoms with Gasteiger partial charge >= 0.3 is 11.9 Å². The van der Waals surface area contributed by atoms with Crippen LogP contribution in [0.4, 0.5) is 0 Å². The summed E-state index contributed by atoms with van der Waals surface area (Å²) < 4.78 is 0.0175. The third-order valence-corrected chi connectivity index (χ3v) is 4.54. The minimum absolute atomic E-state index is 0.0175. The van der Waals surface area contributed by atoms with Gasteiger partial charge in [-0.1, -0.05) is 47.7 Å². The van der Waals surface area contributed by atoms with E-state index < -0.39 is 30.3 Å². The second-order valence-electron chi connectivity index (χ2n) is 4.56. The Morgan fingerprint density at radius 2 is 1.91 bits per heavy atom. The molecule has 0 saturated carbocycles. The number of aliphatic carboxylic acids is 2. The molecule has 2 rings (SSSR count). The van der Waals surface area contributed by atoms with Crippen molar-refractivity contribution in [3.05, 3.63) is 39.8 Å². The van der Waals surface area contributed by atoms with Gasteiger partial charge < -0.3 is 10.2 Å². The molecule has 0 radical (unpaired) electrons. The maximum absolute atomic E-state index is 12.4. The monoisotopic (exact) mass is 371 g/mol. The van der Waals surface area contributed by atoms with E-state index in [4.69, 9.17) is 34.0 Å². The van der Waals surface area contributed by atoms with Crippen molar-refractivity contribution in [2.75, 3.05) is 0 Å². The van der Waals surface area contributed by atoms with Crippen LogP contribution >= 0.6 is 35.6 Å². The zero-order chi connectivity index (χ0) is 17.1. The van der Waals surface area contributed by atoms with Crippen molar-refractivity contribution in [1.82, 2.24) is 4.90 Å². The van der Waals surface area contributed by atoms with Gasteiger partial charge in [-0.2, -0.15) is 0 Å². The lowest BCUT2D eigenvalue weighted by Gasteiger charge is -2.21. The summed E-state index contributed by atoms with van der Waals surface area (Å²) in [6.07, 6.45) is 0.825. The van der Waals surface area contributed by atoms with Gasteiger partial charge in [-0.3, -0.25) is 14.5 Å². The van der Waals surface area contributed by atoms with Crippen LogP contribution in [0.15, 0.2) is 29.2 Å². The standard InChI is InChI=1S/C14H10ClNO5S2/c15-8-3-1-7(2-4-8)5-10-12(19)16(14(22)23-10)9(13(20)21)6-11(17)18/h1-5,9H,6H2,(H,17,18)(H,20,21)/b10-5+/t9-/m0/s1. The fraction of sp³-hybridized carbons (Fsp3) is 0.143. The first-order chi connectivity index (χ1) is 10.8. The molecule has 0 aliphatic carbocycles. The summed E-state index contributed by atoms with van der Waals surface area (Å²) in [5.41, 5.74) is 0.694. The summed E-state index contributed by atoms with van der Waals surface area (Å²) >= 11 is 11.7. The number of halogens is 1. The maximum Gasteiger partial charge on any atom is 0.327 e. The number of hydrogen-bond acceptors (Lipinski definition) is 5. The molecule has 1 aromatic rings. The van der Waals surface area contributed by atoms with Crippen LogP contribution in [0, 0.1) is 0 Å². The molecule has 0 unspecified atom stereocenters. The predicted octanol–water partition coefficient (Wildman–Crippen LogP) is 2.47. The molecule has 1 aliphatic rings. The zero-order valence-electron chi connectivity index (χ0n) is 11.4. The Kier molecular flexibility index (Phi) is 5.40. The quantitative estimate of drug-likeness (QED) is 0.606. The summed E-state index contributed by atoms with van der Waals surface area (Å²) in [6.45, 7) is 0. The van der Waals surface area contributed by atoms with Gasteiger partial charge in [-0.15, -0.1) is 0 Å². The maximum atomic E-state index is 12.4. The molecule has 120 valence electrons. The number of hydrogen-bond donors (Lipinski definition) is 2. The number of nitrogens with zero attached hydrogens (tertiary/aromatic N) is 1. The summed E-state index contributed by atoms with van der Waals surface area (Å²) in [6, 6.07) is 5.16. The fourth-order valence-corrected chi connectivity index (χ4v) is 3.40. The number of benzene rings is 1. The van der Waals surface area contributed by atoms with Gasteiger partial charge in [0.05, 0.1) is 11.3 Å². The van der Waals surface area contributed by atoms with Crippen LogP contribution in [0.5, 0.6) is 0 Å². The molecule has 23 heavy (non-hydrogen) atoms. The van der Waals surface area contributed by atoms with E-state index in [-0.39, 0.29) is 9.23 Å². The fourth-order valence-electron chi connectivity index (χ4n) is 1.91. The molecule has 2 N–H and O–H groups in total. The first-order valence-electron chi connectivity index (χ1n) is 6.27. The summed E-state index contributed by atoms with van der Waals surface area (Å²) in [4.78, 5) is 35.5. The molecule has 1 atom stereocenters. The molecule has 1 amide bonds. The molecule has 1 saturated heterocycles. The van der Waals surface area contributed by atoms with E-state index in [9.17, 15) is 14.4 Å². The van der Waals surface area contributed by atoms with E-state index in [1.807, 2.05) is 0 Å². The van der Waals surface area contributed by atoms with Crippen molar-refractivity contribution >= 4 is 63.8 Å². The SMILES string of the molecule is O=C(O)C[C@@H](C(=O)O)N1C(=O)/C(=C\c2ccc(Cl)cc2)SC1=S. The van der Waals surface area contributed by atoms with Crippen LogP contribution in [0.2, 0.25) is 5.02 Å². The lowest BCUT2D eigenvalue weighted by Crippen LogP contribution is -2.45. The minimum atomic E-state index is -1.53. The second-order valence-corrected chi connectivity index (χ2v) is 6.67. The van der Waals surface area contributed by atoms with E-state index in [0.717, 1.165) is 16.7 Å². The molecule has 1 heterocycles. The molecule has 0 spiro atoms. The molecule has 9 heteroatoms. The lowest BCUT2D eigenvalue weighted by atomic mass is 10.1. The first-order valence-corrected chi connectivity index (χ1v) is 7.87. The lowest BCUT2D eigenvalue weighted by molar-refractivity contribution is -0.150. The van der Waals surface area contributed by atoms with Crippen LogP contribution in [0.1, 0.15) is 12.0 Å². The van der Waals surface area contributed by atoms with Crippen LogP contribution in [-0.4, -0.2) is 43.3 Å². The Morgan fingerprint density at radius 1 is 1.30 bits per heavy atom. The van der Waals surface area contributed by atoms with Crippen molar-refractivity contribution in [2.24, 2.45) is 0 Å². The molecular formula is C14H10ClNO5S2. The van der Waals surface area contributed by atoms with Crippen molar-refractivity contribution in [3.63, 3.8) is 0 Å². The van der Waals surface area contributed by atoms with Gasteiger partial charge in [0.1, 0.15) is 10.4 Å². The van der Waals surface area contributed by atoms with Crippen molar-refractivity contribution in [2.45, 2.75) is 12.5 Å². The number of carboxylic acids is 2. The highest BCUT2D eigenvalue weighted by molar-refractivity contribution is 8.26. The highest BCUT2D eigenvalue weighted by atomic mass is 35.5. The van der Waals surface area contributed by atoms with Gasteiger partial charge in [0.25, 0.3) is 5.91 Å². The van der Waals surface area contributed by atoms with Crippen LogP contribution < -0.4 is 0 Å². The number of carboxylic acid groups (broad SMARTS) is 2. The molecule has 1 aromatic carbocycles. The summed E-state index contributed by atoms with van der Waals surface area (Å²) in [7, 11) is 0. The highest BCUT2D eigenvalue weighted by Gasteiger charge is 2.41. The third kappa shape index (κ3) is 4.10. The van der Waals surface area contributed by atoms with Crippen molar-refractivity contribution < 1.29 is 24.6 Å². The van der Waals surface area contributed by atoms with Crippen molar-refractivity contribution in [1.29, 1.82) is 0 Å². The van der Waals surface area contributed by atoms with E-state index in [0.29, 0.717) is 10.6 Å². The van der Waals surface area contributed by atoms with E-state index in [1.54, 1.807) is 30.3 Å². The Labute approximate surface area is 145 Å². The van der Waals surface area contributed by atoms with Crippen LogP contribution in [0.25, 0.3) is 6.08 Å². The summed E-state index contributed by atoms with van der Waals surface area (Å²) in [5.74, 6) is -3.37. The van der Waals surface area contributed by atoms with Gasteiger partial charge in [-0.05, 0) is 23.8 Å². The number of thiocarbonyl (C=S) groups is 1. The molecular weight excluding hydrogens is 362 g/mol. The second kappa shape index (κ2) is 7.12. The first kappa shape index (κ1) is 17.5. The Bertz CT molecular complexity index is 716. The Balaban J connectivity index is 2.30. The normalized spacial score (nSPS) is 17.6. The molecule has 0 aromatic heterocycles. The van der Waals surface area contributed by atoms with E-state index >= 15 is 0 Å². The van der Waals surface area contributed by atoms with Gasteiger partial charge in [0.15, 0.2) is 0 Å². The number of carbonyl (C=O) groups excluding carboxylic acids is 1. The average molecular weight is 372 g/mol. The van der Waals surface area contributed by atoms with Gasteiger partial charge in [0.2, 0.25) is 0 Å².